The molecule has 406 valence electrons. The van der Waals surface area contributed by atoms with Gasteiger partial charge in [-0.15, -0.1) is 0 Å². The Balaban J connectivity index is 1.14. The zero-order valence-electron chi connectivity index (χ0n) is 52.1. The van der Waals surface area contributed by atoms with Crippen molar-refractivity contribution < 1.29 is 5.48 Å². The highest BCUT2D eigenvalue weighted by molar-refractivity contribution is 7.00. The van der Waals surface area contributed by atoms with Crippen LogP contribution in [0.4, 0.5) is 34.1 Å². The van der Waals surface area contributed by atoms with E-state index in [1.807, 2.05) is 0 Å². The fraction of sp³-hybridized carbons (Fsp3) is 0.0488. The predicted molar refractivity (Wildman–Crippen MR) is 366 cm³/mol. The molecule has 0 unspecified atom stereocenters. The van der Waals surface area contributed by atoms with E-state index in [9.17, 15) is 5.48 Å². The second-order valence-corrected chi connectivity index (χ2v) is 23.7. The summed E-state index contributed by atoms with van der Waals surface area (Å²) in [4.78, 5) is 5.06. The molecule has 0 spiro atoms. The highest BCUT2D eigenvalue weighted by atomic mass is 15.2. The first-order valence-electron chi connectivity index (χ1n) is 31.7. The molecule has 0 aliphatic carbocycles. The highest BCUT2D eigenvalue weighted by Gasteiger charge is 2.46. The number of benzene rings is 13. The summed E-state index contributed by atoms with van der Waals surface area (Å²) in [5, 5.41) is 1.23. The molecule has 2 aliphatic rings. The van der Waals surface area contributed by atoms with Crippen LogP contribution in [-0.4, -0.2) is 11.3 Å². The van der Waals surface area contributed by atoms with Crippen molar-refractivity contribution in [3.05, 3.63) is 315 Å². The second kappa shape index (κ2) is 20.6. The molecule has 0 fully saturated rings. The maximum atomic E-state index is 10.0. The summed E-state index contributed by atoms with van der Waals surface area (Å²) in [6.45, 7) is 6.28. The summed E-state index contributed by atoms with van der Waals surface area (Å²) in [5.41, 5.74) is 25.0. The average Bonchev–Trinajstić information content (AvgIpc) is 0.923. The summed E-state index contributed by atoms with van der Waals surface area (Å²) in [7, 11) is 0. The molecule has 1 aromatic heterocycles. The Morgan fingerprint density at radius 1 is 0.326 bits per heavy atom. The SMILES string of the molecule is [2H]c1c([2H])c([2H])c2c(c1[2H])c1ccc(C(C)(C)C)cc1n2-c1cc2c3c(c1)N(c1c(-c4ccccc4)cccc1-c1ccccc1)c1ccc(-c4ccccc4)cc1B3c1cc(-c3ccccc3)ccc1N2c1c(-c2ccccc2)cccc1-c1ccccc1. The van der Waals surface area contributed by atoms with E-state index in [-0.39, 0.29) is 36.3 Å². The predicted octanol–water partition coefficient (Wildman–Crippen LogP) is 20.2. The molecule has 16 rings (SSSR count). The minimum Gasteiger partial charge on any atom is -0.310 e. The fourth-order valence-corrected chi connectivity index (χ4v) is 13.6. The number of hydrogen-bond acceptors (Lipinski definition) is 2. The van der Waals surface area contributed by atoms with Gasteiger partial charge in [-0.05, 0) is 108 Å². The van der Waals surface area contributed by atoms with Crippen molar-refractivity contribution in [1.82, 2.24) is 4.57 Å². The van der Waals surface area contributed by atoms with Gasteiger partial charge in [-0.1, -0.05) is 294 Å². The summed E-state index contributed by atoms with van der Waals surface area (Å²) in [6, 6.07) is 102. The van der Waals surface area contributed by atoms with E-state index < -0.39 is 0 Å². The van der Waals surface area contributed by atoms with E-state index in [1.165, 1.54) is 0 Å². The van der Waals surface area contributed by atoms with Crippen molar-refractivity contribution in [2.45, 2.75) is 26.2 Å². The lowest BCUT2D eigenvalue weighted by atomic mass is 9.33. The topological polar surface area (TPSA) is 11.4 Å². The molecule has 86 heavy (non-hydrogen) atoms. The lowest BCUT2D eigenvalue weighted by molar-refractivity contribution is 0.591. The van der Waals surface area contributed by atoms with Gasteiger partial charge in [0.2, 0.25) is 0 Å². The van der Waals surface area contributed by atoms with Gasteiger partial charge in [0.1, 0.15) is 0 Å². The van der Waals surface area contributed by atoms with Crippen molar-refractivity contribution in [1.29, 1.82) is 0 Å². The van der Waals surface area contributed by atoms with Crippen LogP contribution >= 0.6 is 0 Å². The first-order valence-corrected chi connectivity index (χ1v) is 29.7. The molecule has 4 heteroatoms. The lowest BCUT2D eigenvalue weighted by Gasteiger charge is -2.46. The Hall–Kier alpha value is -10.7. The number of anilines is 6. The van der Waals surface area contributed by atoms with Crippen LogP contribution in [0.25, 0.3) is 94.3 Å². The number of nitrogens with zero attached hydrogens (tertiary/aromatic N) is 3. The van der Waals surface area contributed by atoms with Gasteiger partial charge in [-0.3, -0.25) is 0 Å². The van der Waals surface area contributed by atoms with E-state index in [4.69, 9.17) is 0 Å². The Bertz CT molecular complexity index is 4790. The molecular weight excluding hydrogens is 1040 g/mol. The zero-order valence-corrected chi connectivity index (χ0v) is 48.1. The molecule has 14 aromatic rings. The fourth-order valence-electron chi connectivity index (χ4n) is 13.6. The molecule has 0 bridgehead atoms. The number of aromatic nitrogens is 1. The monoisotopic (exact) mass is 1100 g/mol. The quantitative estimate of drug-likeness (QED) is 0.133. The van der Waals surface area contributed by atoms with Gasteiger partial charge in [0, 0.05) is 55.8 Å². The third kappa shape index (κ3) is 8.43. The zero-order chi connectivity index (χ0) is 60.9. The third-order valence-electron chi connectivity index (χ3n) is 17.6. The van der Waals surface area contributed by atoms with E-state index >= 15 is 0 Å². The number of hydrogen-bond donors (Lipinski definition) is 0. The first-order chi connectivity index (χ1) is 44.0. The van der Waals surface area contributed by atoms with Crippen LogP contribution in [0.5, 0.6) is 0 Å². The molecule has 3 nitrogen and oxygen atoms in total. The van der Waals surface area contributed by atoms with Gasteiger partial charge in [-0.2, -0.15) is 0 Å². The minimum atomic E-state index is -0.343. The van der Waals surface area contributed by atoms with Crippen LogP contribution in [0.15, 0.2) is 309 Å². The highest BCUT2D eigenvalue weighted by Crippen LogP contribution is 2.54. The summed E-state index contributed by atoms with van der Waals surface area (Å²) in [5.74, 6) is 0. The van der Waals surface area contributed by atoms with Crippen LogP contribution in [0.2, 0.25) is 0 Å². The van der Waals surface area contributed by atoms with Crippen molar-refractivity contribution in [2.75, 3.05) is 9.80 Å². The average molecular weight is 1100 g/mol. The molecule has 13 aromatic carbocycles. The largest absolute Gasteiger partial charge is 0.310 e. The molecule has 0 amide bonds. The Morgan fingerprint density at radius 2 is 0.721 bits per heavy atom. The first kappa shape index (κ1) is 46.8. The Kier molecular flexibility index (Phi) is 11.2. The maximum Gasteiger partial charge on any atom is 0.252 e. The molecule has 0 atom stereocenters. The molecule has 3 heterocycles. The van der Waals surface area contributed by atoms with E-state index in [0.717, 1.165) is 139 Å². The van der Waals surface area contributed by atoms with Gasteiger partial charge in [0.25, 0.3) is 6.71 Å². The van der Waals surface area contributed by atoms with Crippen LogP contribution in [0, 0.1) is 0 Å². The second-order valence-electron chi connectivity index (χ2n) is 23.7. The normalized spacial score (nSPS) is 13.2. The number of fused-ring (bicyclic) bond motifs is 7. The van der Waals surface area contributed by atoms with Crippen molar-refractivity contribution in [3.8, 4) is 72.4 Å². The van der Waals surface area contributed by atoms with Crippen LogP contribution < -0.4 is 26.2 Å². The van der Waals surface area contributed by atoms with Gasteiger partial charge >= 0.3 is 0 Å². The van der Waals surface area contributed by atoms with Crippen molar-refractivity contribution in [2.24, 2.45) is 0 Å². The van der Waals surface area contributed by atoms with Crippen molar-refractivity contribution in [3.63, 3.8) is 0 Å². The molecule has 0 saturated carbocycles. The molecule has 0 N–H and O–H groups in total. The molecule has 0 radical (unpaired) electrons. The van der Waals surface area contributed by atoms with Gasteiger partial charge < -0.3 is 14.4 Å². The van der Waals surface area contributed by atoms with Crippen LogP contribution in [0.3, 0.4) is 0 Å². The van der Waals surface area contributed by atoms with Crippen LogP contribution in [-0.2, 0) is 5.41 Å². The third-order valence-corrected chi connectivity index (χ3v) is 17.6. The Morgan fingerprint density at radius 3 is 1.13 bits per heavy atom. The summed E-state index contributed by atoms with van der Waals surface area (Å²) >= 11 is 0. The smallest absolute Gasteiger partial charge is 0.252 e. The van der Waals surface area contributed by atoms with Crippen molar-refractivity contribution >= 4 is 79.0 Å². The van der Waals surface area contributed by atoms with Gasteiger partial charge in [-0.25, -0.2) is 0 Å². The van der Waals surface area contributed by atoms with Crippen LogP contribution in [0.1, 0.15) is 31.8 Å². The number of para-hydroxylation sites is 3. The van der Waals surface area contributed by atoms with E-state index in [1.54, 1.807) is 0 Å². The molecule has 0 saturated heterocycles. The van der Waals surface area contributed by atoms with Gasteiger partial charge in [0.15, 0.2) is 0 Å². The maximum absolute atomic E-state index is 10.0. The molecular formula is C82H60BN3. The standard InChI is InChI=1S/C82H60BN3/c1-82(2,3)63-46-47-70-69-38-22-23-43-73(69)84(76(70)52-63)64-53-77-79-78(54-64)86(81-67(59-34-18-8-19-35-59)41-25-42-68(81)60-36-20-9-21-37-60)75-49-45-62(56-28-12-5-13-29-56)51-72(75)83(79)71-50-61(55-26-10-4-11-27-55)44-48-74(71)85(77)80-65(57-30-14-6-15-31-57)39-24-40-66(80)58-32-16-7-17-33-58/h4-54H,1-3H3/i22D,23D,38D,43D. The van der Waals surface area contributed by atoms with E-state index in [2.05, 4.69) is 320 Å². The molecule has 2 aliphatic heterocycles. The summed E-state index contributed by atoms with van der Waals surface area (Å²) < 4.78 is 40.5. The Labute approximate surface area is 509 Å². The lowest BCUT2D eigenvalue weighted by Crippen LogP contribution is -2.61. The number of rotatable bonds is 9. The van der Waals surface area contributed by atoms with E-state index in [0.29, 0.717) is 10.9 Å². The van der Waals surface area contributed by atoms with Gasteiger partial charge in [0.05, 0.1) is 33.6 Å². The minimum absolute atomic E-state index is 0.0687. The summed E-state index contributed by atoms with van der Waals surface area (Å²) in [6.07, 6.45) is 0.